The lowest BCUT2D eigenvalue weighted by Gasteiger charge is -2.33. The average Bonchev–Trinajstić information content (AvgIpc) is 3.24. The lowest BCUT2D eigenvalue weighted by atomic mass is 9.81. The van der Waals surface area contributed by atoms with E-state index in [0.29, 0.717) is 18.1 Å². The Morgan fingerprint density at radius 1 is 1.44 bits per heavy atom. The molecule has 3 nitrogen and oxygen atoms in total. The van der Waals surface area contributed by atoms with Crippen molar-refractivity contribution in [3.63, 3.8) is 0 Å². The maximum atomic E-state index is 14.0. The molecule has 0 aliphatic heterocycles. The van der Waals surface area contributed by atoms with Crippen LogP contribution in [0.2, 0.25) is 5.15 Å². The number of hydrogen-bond acceptors (Lipinski definition) is 5. The van der Waals surface area contributed by atoms with Crippen LogP contribution in [0.4, 0.5) is 14.5 Å². The maximum Gasteiger partial charge on any atom is 0.248 e. The quantitative estimate of drug-likeness (QED) is 0.490. The van der Waals surface area contributed by atoms with Gasteiger partial charge in [0.25, 0.3) is 0 Å². The van der Waals surface area contributed by atoms with E-state index in [4.69, 9.17) is 17.3 Å². The van der Waals surface area contributed by atoms with Gasteiger partial charge >= 0.3 is 0 Å². The van der Waals surface area contributed by atoms with Gasteiger partial charge in [0.2, 0.25) is 5.92 Å². The van der Waals surface area contributed by atoms with Crippen molar-refractivity contribution in [2.45, 2.75) is 50.6 Å². The molecule has 1 saturated carbocycles. The van der Waals surface area contributed by atoms with Crippen LogP contribution in [0.25, 0.3) is 10.2 Å². The van der Waals surface area contributed by atoms with Crippen LogP contribution in [0.15, 0.2) is 23.6 Å². The van der Waals surface area contributed by atoms with E-state index in [9.17, 15) is 8.78 Å². The van der Waals surface area contributed by atoms with Crippen molar-refractivity contribution in [3.8, 4) is 0 Å². The molecule has 3 aromatic heterocycles. The summed E-state index contributed by atoms with van der Waals surface area (Å²) in [5.74, 6) is -3.01. The molecule has 144 valence electrons. The highest BCUT2D eigenvalue weighted by molar-refractivity contribution is 7.20. The first-order chi connectivity index (χ1) is 12.8. The molecule has 0 spiro atoms. The monoisotopic (exact) mass is 427 g/mol. The average molecular weight is 428 g/mol. The zero-order valence-corrected chi connectivity index (χ0v) is 17.2. The topological polar surface area (TPSA) is 50.9 Å². The van der Waals surface area contributed by atoms with Crippen molar-refractivity contribution >= 4 is 50.2 Å². The van der Waals surface area contributed by atoms with Crippen molar-refractivity contribution in [1.82, 2.24) is 4.98 Å². The number of aromatic nitrogens is 1. The van der Waals surface area contributed by atoms with Crippen LogP contribution in [-0.2, 0) is 6.54 Å². The number of pyridine rings is 1. The maximum absolute atomic E-state index is 14.0. The third-order valence-electron chi connectivity index (χ3n) is 5.13. The Balaban J connectivity index is 1.73. The second-order valence-electron chi connectivity index (χ2n) is 7.06. The molecule has 4 rings (SSSR count). The number of nitrogens with one attached hydrogen (secondary N) is 1. The summed E-state index contributed by atoms with van der Waals surface area (Å²) in [7, 11) is 0. The summed E-state index contributed by atoms with van der Waals surface area (Å²) in [5, 5.41) is 5.84. The van der Waals surface area contributed by atoms with Crippen LogP contribution in [0, 0.1) is 6.92 Å². The molecule has 3 N–H and O–H groups in total. The number of thiophene rings is 2. The molecule has 2 atom stereocenters. The number of aryl methyl sites for hydroxylation is 1. The Hall–Kier alpha value is -1.28. The summed E-state index contributed by atoms with van der Waals surface area (Å²) < 4.78 is 29.0. The summed E-state index contributed by atoms with van der Waals surface area (Å²) in [6.45, 7) is 2.61. The summed E-state index contributed by atoms with van der Waals surface area (Å²) >= 11 is 9.43. The first-order valence-corrected chi connectivity index (χ1v) is 10.9. The number of nitrogens with zero attached hydrogens (tertiary/aromatic N) is 1. The Morgan fingerprint density at radius 2 is 2.26 bits per heavy atom. The molecule has 3 heterocycles. The van der Waals surface area contributed by atoms with Crippen LogP contribution < -0.4 is 11.1 Å². The fourth-order valence-corrected chi connectivity index (χ4v) is 5.94. The lowest BCUT2D eigenvalue weighted by Crippen LogP contribution is -2.39. The smallest absolute Gasteiger partial charge is 0.248 e. The summed E-state index contributed by atoms with van der Waals surface area (Å²) in [4.78, 5) is 6.58. The number of rotatable bonds is 4. The molecule has 1 aliphatic rings. The Morgan fingerprint density at radius 3 is 3.00 bits per heavy atom. The summed E-state index contributed by atoms with van der Waals surface area (Å²) in [6, 6.07) is 5.61. The van der Waals surface area contributed by atoms with Gasteiger partial charge in [-0.15, -0.1) is 22.7 Å². The zero-order chi connectivity index (χ0) is 19.2. The largest absolute Gasteiger partial charge is 0.379 e. The van der Waals surface area contributed by atoms with Gasteiger partial charge in [-0.25, -0.2) is 13.8 Å². The number of hydrogen-bond donors (Lipinski definition) is 2. The predicted octanol–water partition coefficient (Wildman–Crippen LogP) is 6.16. The standard InChI is InChI=1S/C19H20ClF2N3S2/c1-10-16-18(27-17(10)12-8-19(21,22)5-4-13(12)23)14(7-15(20)25-16)24-9-11-3-2-6-26-11/h2-3,6-7,12-13H,4-5,8-9,23H2,1H3,(H,24,25)/t12-,13-/m1/s1. The van der Waals surface area contributed by atoms with Gasteiger partial charge in [0.1, 0.15) is 5.15 Å². The van der Waals surface area contributed by atoms with Gasteiger partial charge in [0.15, 0.2) is 0 Å². The van der Waals surface area contributed by atoms with E-state index < -0.39 is 5.92 Å². The van der Waals surface area contributed by atoms with E-state index in [1.165, 1.54) is 16.2 Å². The van der Waals surface area contributed by atoms with Crippen molar-refractivity contribution < 1.29 is 8.78 Å². The van der Waals surface area contributed by atoms with Crippen LogP contribution in [0.5, 0.6) is 0 Å². The van der Waals surface area contributed by atoms with E-state index >= 15 is 0 Å². The molecule has 8 heteroatoms. The van der Waals surface area contributed by atoms with Gasteiger partial charge in [-0.3, -0.25) is 0 Å². The molecule has 0 saturated heterocycles. The van der Waals surface area contributed by atoms with Crippen molar-refractivity contribution in [2.75, 3.05) is 5.32 Å². The first kappa shape index (κ1) is 19.1. The van der Waals surface area contributed by atoms with E-state index in [1.54, 1.807) is 17.4 Å². The molecule has 0 amide bonds. The SMILES string of the molecule is Cc1c([C@@H]2CC(F)(F)CC[C@H]2N)sc2c(NCc3cccs3)cc(Cl)nc12. The predicted molar refractivity (Wildman–Crippen MR) is 111 cm³/mol. The number of alkyl halides is 2. The zero-order valence-electron chi connectivity index (χ0n) is 14.8. The van der Waals surface area contributed by atoms with Crippen molar-refractivity contribution in [1.29, 1.82) is 0 Å². The molecule has 0 aromatic carbocycles. The Labute approximate surface area is 169 Å². The van der Waals surface area contributed by atoms with Gasteiger partial charge in [0.05, 0.1) is 15.9 Å². The Kier molecular flexibility index (Phi) is 5.14. The Bertz CT molecular complexity index is 956. The number of fused-ring (bicyclic) bond motifs is 1. The van der Waals surface area contributed by atoms with Gasteiger partial charge in [0, 0.05) is 47.2 Å². The molecule has 0 unspecified atom stereocenters. The number of nitrogens with two attached hydrogens (primary N) is 1. The summed E-state index contributed by atoms with van der Waals surface area (Å²) in [5.41, 5.74) is 8.80. The molecule has 0 radical (unpaired) electrons. The first-order valence-electron chi connectivity index (χ1n) is 8.83. The third kappa shape index (κ3) is 3.83. The van der Waals surface area contributed by atoms with E-state index in [-0.39, 0.29) is 24.8 Å². The highest BCUT2D eigenvalue weighted by Crippen LogP contribution is 2.47. The van der Waals surface area contributed by atoms with E-state index in [2.05, 4.69) is 16.4 Å². The molecule has 1 aliphatic carbocycles. The van der Waals surface area contributed by atoms with Gasteiger partial charge in [-0.05, 0) is 30.4 Å². The highest BCUT2D eigenvalue weighted by Gasteiger charge is 2.42. The van der Waals surface area contributed by atoms with Gasteiger partial charge < -0.3 is 11.1 Å². The van der Waals surface area contributed by atoms with Crippen LogP contribution in [0.3, 0.4) is 0 Å². The molecule has 27 heavy (non-hydrogen) atoms. The molecule has 3 aromatic rings. The van der Waals surface area contributed by atoms with Gasteiger partial charge in [-0.2, -0.15) is 0 Å². The third-order valence-corrected chi connectivity index (χ3v) is 7.64. The molecule has 1 fully saturated rings. The number of halogens is 3. The lowest BCUT2D eigenvalue weighted by molar-refractivity contribution is -0.0448. The number of anilines is 1. The minimum atomic E-state index is -2.66. The summed E-state index contributed by atoms with van der Waals surface area (Å²) in [6.07, 6.45) is 0.00282. The molecular formula is C19H20ClF2N3S2. The molecular weight excluding hydrogens is 408 g/mol. The van der Waals surface area contributed by atoms with E-state index in [1.807, 2.05) is 18.4 Å². The van der Waals surface area contributed by atoms with Crippen LogP contribution in [0.1, 0.15) is 40.5 Å². The molecule has 0 bridgehead atoms. The second-order valence-corrected chi connectivity index (χ2v) is 9.54. The van der Waals surface area contributed by atoms with E-state index in [0.717, 1.165) is 26.3 Å². The van der Waals surface area contributed by atoms with Crippen LogP contribution in [-0.4, -0.2) is 16.9 Å². The van der Waals surface area contributed by atoms with Crippen molar-refractivity contribution in [3.05, 3.63) is 44.1 Å². The highest BCUT2D eigenvalue weighted by atomic mass is 35.5. The fraction of sp³-hybridized carbons (Fsp3) is 0.421. The minimum absolute atomic E-state index is 0.133. The fourth-order valence-electron chi connectivity index (χ4n) is 3.68. The normalized spacial score (nSPS) is 22.3. The second kappa shape index (κ2) is 7.28. The van der Waals surface area contributed by atoms with Gasteiger partial charge in [-0.1, -0.05) is 17.7 Å². The van der Waals surface area contributed by atoms with Crippen molar-refractivity contribution in [2.24, 2.45) is 5.73 Å². The minimum Gasteiger partial charge on any atom is -0.379 e. The van der Waals surface area contributed by atoms with Crippen LogP contribution >= 0.6 is 34.3 Å².